The SMILES string of the molecule is CCC/C=C/C=C/C/C=C/C/C=C/C/C=C\C/C=C/CCC(=O)OCC. The summed E-state index contributed by atoms with van der Waals surface area (Å²) in [5.74, 6) is -0.119. The van der Waals surface area contributed by atoms with Gasteiger partial charge in [0.2, 0.25) is 0 Å². The number of esters is 1. The molecular formula is C24H36O2. The van der Waals surface area contributed by atoms with Gasteiger partial charge in [-0.3, -0.25) is 4.79 Å². The minimum Gasteiger partial charge on any atom is -0.466 e. The molecule has 0 saturated heterocycles. The minimum absolute atomic E-state index is 0.119. The first-order chi connectivity index (χ1) is 12.8. The first-order valence-corrected chi connectivity index (χ1v) is 9.88. The Bertz CT molecular complexity index is 490. The van der Waals surface area contributed by atoms with Crippen LogP contribution in [-0.4, -0.2) is 12.6 Å². The highest BCUT2D eigenvalue weighted by Crippen LogP contribution is 1.98. The molecule has 0 unspecified atom stereocenters. The number of carbonyl (C=O) groups excluding carboxylic acids is 1. The molecule has 0 aliphatic carbocycles. The number of rotatable bonds is 15. The molecule has 0 saturated carbocycles. The highest BCUT2D eigenvalue weighted by Gasteiger charge is 1.97. The summed E-state index contributed by atoms with van der Waals surface area (Å²) in [5.41, 5.74) is 0. The topological polar surface area (TPSA) is 26.3 Å². The largest absolute Gasteiger partial charge is 0.466 e. The van der Waals surface area contributed by atoms with E-state index in [9.17, 15) is 4.79 Å². The highest BCUT2D eigenvalue weighted by atomic mass is 16.5. The molecule has 0 aliphatic rings. The van der Waals surface area contributed by atoms with Crippen molar-refractivity contribution in [3.63, 3.8) is 0 Å². The van der Waals surface area contributed by atoms with Gasteiger partial charge in [0.25, 0.3) is 0 Å². The summed E-state index contributed by atoms with van der Waals surface area (Å²) in [5, 5.41) is 0. The van der Waals surface area contributed by atoms with Gasteiger partial charge in [-0.15, -0.1) is 0 Å². The number of hydrogen-bond acceptors (Lipinski definition) is 2. The fourth-order valence-electron chi connectivity index (χ4n) is 2.04. The Morgan fingerprint density at radius 1 is 0.654 bits per heavy atom. The van der Waals surface area contributed by atoms with Crippen LogP contribution in [0.15, 0.2) is 72.9 Å². The van der Waals surface area contributed by atoms with Gasteiger partial charge in [-0.2, -0.15) is 0 Å². The van der Waals surface area contributed by atoms with E-state index in [0.29, 0.717) is 13.0 Å². The van der Waals surface area contributed by atoms with Gasteiger partial charge < -0.3 is 4.74 Å². The highest BCUT2D eigenvalue weighted by molar-refractivity contribution is 5.69. The van der Waals surface area contributed by atoms with Crippen molar-refractivity contribution in [2.75, 3.05) is 6.61 Å². The number of ether oxygens (including phenoxy) is 1. The normalized spacial score (nSPS) is 12.8. The van der Waals surface area contributed by atoms with Crippen LogP contribution in [0.1, 0.15) is 65.2 Å². The van der Waals surface area contributed by atoms with Crippen LogP contribution in [0, 0.1) is 0 Å². The maximum absolute atomic E-state index is 11.1. The molecule has 0 heterocycles. The Morgan fingerprint density at radius 2 is 1.15 bits per heavy atom. The molecule has 2 heteroatoms. The maximum atomic E-state index is 11.1. The van der Waals surface area contributed by atoms with Gasteiger partial charge in [0, 0.05) is 6.42 Å². The van der Waals surface area contributed by atoms with Crippen molar-refractivity contribution in [1.29, 1.82) is 0 Å². The van der Waals surface area contributed by atoms with Crippen LogP contribution in [0.2, 0.25) is 0 Å². The second-order valence-corrected chi connectivity index (χ2v) is 5.82. The van der Waals surface area contributed by atoms with Crippen LogP contribution >= 0.6 is 0 Å². The van der Waals surface area contributed by atoms with Crippen molar-refractivity contribution in [3.05, 3.63) is 72.9 Å². The van der Waals surface area contributed by atoms with Gasteiger partial charge in [-0.25, -0.2) is 0 Å². The number of allylic oxidation sites excluding steroid dienone is 12. The summed E-state index contributed by atoms with van der Waals surface area (Å²) < 4.78 is 4.87. The second kappa shape index (κ2) is 21.0. The Labute approximate surface area is 160 Å². The standard InChI is InChI=1S/C24H36O2/c1-3-5-6-7-8-9-10-11-12-13-14-15-16-17-18-19-20-21-22-23-24(25)26-4-2/h6-9,11-12,14-15,17-18,20-21H,3-5,10,13,16,19,22-23H2,1-2H3/b7-6+,9-8+,12-11+,15-14+,18-17-,21-20+. The summed E-state index contributed by atoms with van der Waals surface area (Å²) in [6, 6.07) is 0. The molecule has 2 nitrogen and oxygen atoms in total. The molecule has 0 spiro atoms. The summed E-state index contributed by atoms with van der Waals surface area (Å²) in [6.07, 6.45) is 33.3. The molecule has 0 aromatic carbocycles. The zero-order valence-corrected chi connectivity index (χ0v) is 16.6. The van der Waals surface area contributed by atoms with Crippen LogP contribution in [0.5, 0.6) is 0 Å². The Balaban J connectivity index is 3.55. The molecule has 0 bridgehead atoms. The smallest absolute Gasteiger partial charge is 0.306 e. The Morgan fingerprint density at radius 3 is 1.69 bits per heavy atom. The van der Waals surface area contributed by atoms with Crippen LogP contribution < -0.4 is 0 Å². The van der Waals surface area contributed by atoms with Gasteiger partial charge in [0.1, 0.15) is 0 Å². The predicted molar refractivity (Wildman–Crippen MR) is 114 cm³/mol. The van der Waals surface area contributed by atoms with E-state index in [1.54, 1.807) is 0 Å². The van der Waals surface area contributed by atoms with Crippen molar-refractivity contribution in [1.82, 2.24) is 0 Å². The van der Waals surface area contributed by atoms with E-state index in [2.05, 4.69) is 73.8 Å². The summed E-state index contributed by atoms with van der Waals surface area (Å²) in [4.78, 5) is 11.1. The van der Waals surface area contributed by atoms with Crippen molar-refractivity contribution >= 4 is 5.97 Å². The Hall–Kier alpha value is -2.09. The number of unbranched alkanes of at least 4 members (excludes halogenated alkanes) is 1. The molecule has 0 aliphatic heterocycles. The first-order valence-electron chi connectivity index (χ1n) is 9.88. The van der Waals surface area contributed by atoms with Crippen molar-refractivity contribution in [2.24, 2.45) is 0 Å². The van der Waals surface area contributed by atoms with Crippen LogP contribution in [0.3, 0.4) is 0 Å². The summed E-state index contributed by atoms with van der Waals surface area (Å²) >= 11 is 0. The Kier molecular flexibility index (Phi) is 19.3. The lowest BCUT2D eigenvalue weighted by atomic mass is 10.2. The van der Waals surface area contributed by atoms with E-state index in [1.807, 2.05) is 13.0 Å². The molecule has 0 atom stereocenters. The molecule has 26 heavy (non-hydrogen) atoms. The van der Waals surface area contributed by atoms with Gasteiger partial charge in [-0.05, 0) is 45.4 Å². The molecule has 0 aromatic heterocycles. The van der Waals surface area contributed by atoms with E-state index in [-0.39, 0.29) is 5.97 Å². The summed E-state index contributed by atoms with van der Waals surface area (Å²) in [6.45, 7) is 4.48. The number of hydrogen-bond donors (Lipinski definition) is 0. The van der Waals surface area contributed by atoms with Crippen molar-refractivity contribution < 1.29 is 9.53 Å². The quantitative estimate of drug-likeness (QED) is 0.179. The molecule has 0 amide bonds. The predicted octanol–water partition coefficient (Wildman–Crippen LogP) is 7.03. The second-order valence-electron chi connectivity index (χ2n) is 5.82. The van der Waals surface area contributed by atoms with E-state index in [0.717, 1.165) is 38.5 Å². The average molecular weight is 357 g/mol. The lowest BCUT2D eigenvalue weighted by Gasteiger charge is -1.97. The zero-order valence-electron chi connectivity index (χ0n) is 16.6. The number of carbonyl (C=O) groups is 1. The molecule has 0 radical (unpaired) electrons. The molecular weight excluding hydrogens is 320 g/mol. The van der Waals surface area contributed by atoms with E-state index >= 15 is 0 Å². The minimum atomic E-state index is -0.119. The molecule has 0 N–H and O–H groups in total. The maximum Gasteiger partial charge on any atom is 0.306 e. The van der Waals surface area contributed by atoms with Gasteiger partial charge in [0.15, 0.2) is 0 Å². The first kappa shape index (κ1) is 23.9. The lowest BCUT2D eigenvalue weighted by Crippen LogP contribution is -2.02. The third-order valence-corrected chi connectivity index (χ3v) is 3.41. The van der Waals surface area contributed by atoms with Crippen molar-refractivity contribution in [3.8, 4) is 0 Å². The fourth-order valence-corrected chi connectivity index (χ4v) is 2.04. The van der Waals surface area contributed by atoms with E-state index in [4.69, 9.17) is 4.74 Å². The third-order valence-electron chi connectivity index (χ3n) is 3.41. The van der Waals surface area contributed by atoms with Crippen LogP contribution in [0.4, 0.5) is 0 Å². The molecule has 0 aromatic rings. The summed E-state index contributed by atoms with van der Waals surface area (Å²) in [7, 11) is 0. The molecule has 144 valence electrons. The monoisotopic (exact) mass is 356 g/mol. The van der Waals surface area contributed by atoms with Gasteiger partial charge >= 0.3 is 5.97 Å². The fraction of sp³-hybridized carbons (Fsp3) is 0.458. The van der Waals surface area contributed by atoms with Gasteiger partial charge in [-0.1, -0.05) is 86.3 Å². The van der Waals surface area contributed by atoms with E-state index < -0.39 is 0 Å². The molecule has 0 rings (SSSR count). The van der Waals surface area contributed by atoms with Gasteiger partial charge in [0.05, 0.1) is 6.61 Å². The molecule has 0 fully saturated rings. The van der Waals surface area contributed by atoms with Crippen LogP contribution in [0.25, 0.3) is 0 Å². The average Bonchev–Trinajstić information content (AvgIpc) is 2.64. The van der Waals surface area contributed by atoms with E-state index in [1.165, 1.54) is 6.42 Å². The lowest BCUT2D eigenvalue weighted by molar-refractivity contribution is -0.142. The van der Waals surface area contributed by atoms with Crippen LogP contribution in [-0.2, 0) is 9.53 Å². The third kappa shape index (κ3) is 20.0. The zero-order chi connectivity index (χ0) is 19.1. The van der Waals surface area contributed by atoms with Crippen molar-refractivity contribution in [2.45, 2.75) is 65.2 Å².